The largest absolute Gasteiger partial charge is 0.507 e. The Bertz CT molecular complexity index is 1030. The SMILES string of the molecule is C.CCN(CC)CCCN1C(=O)C(=O)C(=C(O)c2ccc3c(c2)OCO3)C1c1cccnc1. The van der Waals surface area contributed by atoms with E-state index in [1.54, 1.807) is 41.6 Å². The summed E-state index contributed by atoms with van der Waals surface area (Å²) in [5, 5.41) is 11.1. The second-order valence-electron chi connectivity index (χ2n) is 7.73. The van der Waals surface area contributed by atoms with E-state index in [2.05, 4.69) is 23.7 Å². The molecule has 33 heavy (non-hydrogen) atoms. The number of pyridine rings is 1. The molecule has 2 aromatic rings. The summed E-state index contributed by atoms with van der Waals surface area (Å²) in [6.07, 6.45) is 3.98. The molecule has 1 amide bonds. The number of carbonyl (C=O) groups excluding carboxylic acids is 2. The van der Waals surface area contributed by atoms with E-state index in [1.807, 2.05) is 6.07 Å². The molecule has 0 spiro atoms. The van der Waals surface area contributed by atoms with Gasteiger partial charge in [-0.05, 0) is 55.9 Å². The molecular formula is C25H31N3O5. The number of benzene rings is 1. The molecule has 1 aromatic heterocycles. The topological polar surface area (TPSA) is 92.2 Å². The zero-order chi connectivity index (χ0) is 22.7. The number of nitrogens with zero attached hydrogens (tertiary/aromatic N) is 3. The number of hydrogen-bond donors (Lipinski definition) is 1. The van der Waals surface area contributed by atoms with Crippen LogP contribution in [0.3, 0.4) is 0 Å². The van der Waals surface area contributed by atoms with Crippen LogP contribution in [0.2, 0.25) is 0 Å². The summed E-state index contributed by atoms with van der Waals surface area (Å²) in [4.78, 5) is 34.0. The van der Waals surface area contributed by atoms with Crippen molar-refractivity contribution < 1.29 is 24.2 Å². The van der Waals surface area contributed by atoms with E-state index >= 15 is 0 Å². The number of aromatic nitrogens is 1. The zero-order valence-electron chi connectivity index (χ0n) is 18.3. The summed E-state index contributed by atoms with van der Waals surface area (Å²) in [6.45, 7) is 7.35. The first-order valence-corrected chi connectivity index (χ1v) is 10.9. The molecule has 8 nitrogen and oxygen atoms in total. The molecule has 4 rings (SSSR count). The van der Waals surface area contributed by atoms with Gasteiger partial charge in [-0.3, -0.25) is 14.6 Å². The number of aliphatic hydroxyl groups excluding tert-OH is 1. The molecule has 1 atom stereocenters. The Morgan fingerprint density at radius 3 is 2.64 bits per heavy atom. The van der Waals surface area contributed by atoms with Crippen molar-refractivity contribution in [1.82, 2.24) is 14.8 Å². The zero-order valence-corrected chi connectivity index (χ0v) is 18.3. The third kappa shape index (κ3) is 4.71. The van der Waals surface area contributed by atoms with Crippen molar-refractivity contribution in [3.63, 3.8) is 0 Å². The normalized spacial score (nSPS) is 18.6. The standard InChI is InChI=1S/C24H27N3O5.CH4/c1-3-26(4-2)11-6-12-27-21(17-7-5-10-25-14-17)20(23(29)24(27)30)22(28)16-8-9-18-19(13-16)32-15-31-18;/h5,7-10,13-14,21,28H,3-4,6,11-12,15H2,1-2H3;1H4. The molecule has 3 heterocycles. The molecule has 1 unspecified atom stereocenters. The fraction of sp³-hybridized carbons (Fsp3) is 0.400. The van der Waals surface area contributed by atoms with Gasteiger partial charge in [-0.1, -0.05) is 27.3 Å². The van der Waals surface area contributed by atoms with Crippen LogP contribution in [0.15, 0.2) is 48.3 Å². The van der Waals surface area contributed by atoms with Crippen molar-refractivity contribution in [2.45, 2.75) is 33.7 Å². The monoisotopic (exact) mass is 453 g/mol. The first kappa shape index (κ1) is 24.3. The van der Waals surface area contributed by atoms with Gasteiger partial charge in [0.15, 0.2) is 11.5 Å². The van der Waals surface area contributed by atoms with E-state index in [0.717, 1.165) is 26.1 Å². The number of hydrogen-bond acceptors (Lipinski definition) is 7. The third-order valence-electron chi connectivity index (χ3n) is 5.95. The van der Waals surface area contributed by atoms with Crippen molar-refractivity contribution in [2.24, 2.45) is 0 Å². The van der Waals surface area contributed by atoms with Crippen LogP contribution in [0.1, 0.15) is 44.9 Å². The van der Waals surface area contributed by atoms with Crippen LogP contribution < -0.4 is 9.47 Å². The first-order chi connectivity index (χ1) is 15.5. The van der Waals surface area contributed by atoms with Crippen molar-refractivity contribution >= 4 is 17.4 Å². The lowest BCUT2D eigenvalue weighted by Crippen LogP contribution is -2.33. The summed E-state index contributed by atoms with van der Waals surface area (Å²) in [7, 11) is 0. The lowest BCUT2D eigenvalue weighted by Gasteiger charge is -2.26. The Morgan fingerprint density at radius 2 is 1.94 bits per heavy atom. The number of rotatable bonds is 8. The van der Waals surface area contributed by atoms with E-state index in [1.165, 1.54) is 0 Å². The number of ether oxygens (including phenoxy) is 2. The maximum atomic E-state index is 13.1. The maximum Gasteiger partial charge on any atom is 0.295 e. The molecule has 0 aliphatic carbocycles. The van der Waals surface area contributed by atoms with Crippen molar-refractivity contribution in [3.05, 3.63) is 59.4 Å². The van der Waals surface area contributed by atoms with Gasteiger partial charge in [0.05, 0.1) is 11.6 Å². The predicted molar refractivity (Wildman–Crippen MR) is 125 cm³/mol. The number of aliphatic hydroxyl groups is 1. The first-order valence-electron chi connectivity index (χ1n) is 10.9. The molecule has 1 aromatic carbocycles. The molecule has 176 valence electrons. The Kier molecular flexibility index (Phi) is 7.71. The Balaban J connectivity index is 0.00000306. The van der Waals surface area contributed by atoms with Gasteiger partial charge in [-0.25, -0.2) is 0 Å². The van der Waals surface area contributed by atoms with Gasteiger partial charge in [-0.15, -0.1) is 0 Å². The molecule has 2 aliphatic heterocycles. The van der Waals surface area contributed by atoms with Gasteiger partial charge in [0, 0.05) is 24.5 Å². The van der Waals surface area contributed by atoms with Crippen LogP contribution >= 0.6 is 0 Å². The van der Waals surface area contributed by atoms with Crippen LogP contribution in [0.4, 0.5) is 0 Å². The van der Waals surface area contributed by atoms with Gasteiger partial charge < -0.3 is 24.4 Å². The summed E-state index contributed by atoms with van der Waals surface area (Å²) in [5.74, 6) is -0.484. The summed E-state index contributed by atoms with van der Waals surface area (Å²) >= 11 is 0. The van der Waals surface area contributed by atoms with E-state index in [-0.39, 0.29) is 25.6 Å². The summed E-state index contributed by atoms with van der Waals surface area (Å²) < 4.78 is 10.7. The second-order valence-corrected chi connectivity index (χ2v) is 7.73. The Hall–Kier alpha value is -3.39. The van der Waals surface area contributed by atoms with Gasteiger partial charge in [0.1, 0.15) is 5.76 Å². The van der Waals surface area contributed by atoms with E-state index < -0.39 is 17.7 Å². The molecule has 1 N–H and O–H groups in total. The number of Topliss-reactive ketones (excluding diaryl/α,β-unsaturated/α-hetero) is 1. The van der Waals surface area contributed by atoms with Crippen molar-refractivity contribution in [1.29, 1.82) is 0 Å². The smallest absolute Gasteiger partial charge is 0.295 e. The van der Waals surface area contributed by atoms with E-state index in [4.69, 9.17) is 9.47 Å². The highest BCUT2D eigenvalue weighted by Gasteiger charge is 2.46. The van der Waals surface area contributed by atoms with Gasteiger partial charge >= 0.3 is 0 Å². The Morgan fingerprint density at radius 1 is 1.18 bits per heavy atom. The summed E-state index contributed by atoms with van der Waals surface area (Å²) in [5.41, 5.74) is 1.13. The molecule has 1 saturated heterocycles. The van der Waals surface area contributed by atoms with Crippen LogP contribution in [0.5, 0.6) is 11.5 Å². The maximum absolute atomic E-state index is 13.1. The highest BCUT2D eigenvalue weighted by Crippen LogP contribution is 2.41. The number of amides is 1. The van der Waals surface area contributed by atoms with Crippen molar-refractivity contribution in [2.75, 3.05) is 33.0 Å². The highest BCUT2D eigenvalue weighted by atomic mass is 16.7. The molecular weight excluding hydrogens is 422 g/mol. The molecule has 1 fully saturated rings. The molecule has 8 heteroatoms. The highest BCUT2D eigenvalue weighted by molar-refractivity contribution is 6.46. The average molecular weight is 454 g/mol. The minimum Gasteiger partial charge on any atom is -0.507 e. The van der Waals surface area contributed by atoms with Gasteiger partial charge in [0.25, 0.3) is 11.7 Å². The van der Waals surface area contributed by atoms with Crippen LogP contribution in [0, 0.1) is 0 Å². The number of fused-ring (bicyclic) bond motifs is 1. The average Bonchev–Trinajstić information content (AvgIpc) is 3.39. The fourth-order valence-electron chi connectivity index (χ4n) is 4.20. The summed E-state index contributed by atoms with van der Waals surface area (Å²) in [6, 6.07) is 7.81. The number of carbonyl (C=O) groups is 2. The third-order valence-corrected chi connectivity index (χ3v) is 5.95. The van der Waals surface area contributed by atoms with Gasteiger partial charge in [0.2, 0.25) is 6.79 Å². The minimum atomic E-state index is -0.703. The van der Waals surface area contributed by atoms with E-state index in [9.17, 15) is 14.7 Å². The van der Waals surface area contributed by atoms with Gasteiger partial charge in [-0.2, -0.15) is 0 Å². The Labute approximate surface area is 194 Å². The van der Waals surface area contributed by atoms with Crippen LogP contribution in [-0.2, 0) is 9.59 Å². The molecule has 0 saturated carbocycles. The predicted octanol–water partition coefficient (Wildman–Crippen LogP) is 3.60. The lowest BCUT2D eigenvalue weighted by atomic mass is 9.96. The molecule has 2 aliphatic rings. The van der Waals surface area contributed by atoms with E-state index in [0.29, 0.717) is 29.2 Å². The van der Waals surface area contributed by atoms with Crippen LogP contribution in [-0.4, -0.2) is 64.6 Å². The molecule has 0 radical (unpaired) electrons. The second kappa shape index (κ2) is 10.5. The molecule has 0 bridgehead atoms. The number of ketones is 1. The van der Waals surface area contributed by atoms with Crippen LogP contribution in [0.25, 0.3) is 5.76 Å². The van der Waals surface area contributed by atoms with Crippen molar-refractivity contribution in [3.8, 4) is 11.5 Å². The fourth-order valence-corrected chi connectivity index (χ4v) is 4.20. The minimum absolute atomic E-state index is 0. The number of likely N-dealkylation sites (tertiary alicyclic amines) is 1. The quantitative estimate of drug-likeness (QED) is 0.371. The lowest BCUT2D eigenvalue weighted by molar-refractivity contribution is -0.140.